The summed E-state index contributed by atoms with van der Waals surface area (Å²) in [5, 5.41) is 5.59. The first kappa shape index (κ1) is 22.8. The molecule has 0 unspecified atom stereocenters. The van der Waals surface area contributed by atoms with Gasteiger partial charge in [-0.25, -0.2) is 14.5 Å². The van der Waals surface area contributed by atoms with Crippen molar-refractivity contribution in [3.8, 4) is 0 Å². The van der Waals surface area contributed by atoms with E-state index in [0.717, 1.165) is 68.1 Å². The molecule has 2 amide bonds. The van der Waals surface area contributed by atoms with Crippen LogP contribution in [0.3, 0.4) is 0 Å². The Morgan fingerprint density at radius 3 is 2.39 bits per heavy atom. The number of hydrogen-bond acceptors (Lipinski definition) is 7. The van der Waals surface area contributed by atoms with Gasteiger partial charge in [-0.1, -0.05) is 12.1 Å². The lowest BCUT2D eigenvalue weighted by Gasteiger charge is -2.26. The molecule has 0 atom stereocenters. The van der Waals surface area contributed by atoms with E-state index < -0.39 is 0 Å². The molecule has 4 aromatic rings. The van der Waals surface area contributed by atoms with Gasteiger partial charge in [-0.05, 0) is 38.0 Å². The van der Waals surface area contributed by atoms with Crippen molar-refractivity contribution < 1.29 is 14.3 Å². The van der Waals surface area contributed by atoms with Gasteiger partial charge in [0.1, 0.15) is 12.0 Å². The van der Waals surface area contributed by atoms with Gasteiger partial charge in [0, 0.05) is 44.8 Å². The largest absolute Gasteiger partial charge is 0.379 e. The third-order valence-electron chi connectivity index (χ3n) is 7.39. The van der Waals surface area contributed by atoms with Crippen LogP contribution in [0.5, 0.6) is 0 Å². The standard InChI is InChI=1S/C26H29N7O3/c1-17-18(2)31(10-5-9-30-12-14-36-15-13-30)23-22(17)24-28-21(29-33(24)16-27-23)8-11-32-25(34)19-6-3-4-7-20(19)26(32)35/h3-4,6-7,16H,5,8-15H2,1-2H3. The van der Waals surface area contributed by atoms with E-state index in [9.17, 15) is 9.59 Å². The number of fused-ring (bicyclic) bond motifs is 4. The molecule has 2 aliphatic heterocycles. The van der Waals surface area contributed by atoms with Crippen LogP contribution in [-0.2, 0) is 17.7 Å². The van der Waals surface area contributed by atoms with Crippen molar-refractivity contribution in [3.05, 3.63) is 58.8 Å². The number of carbonyl (C=O) groups is 2. The zero-order valence-corrected chi connectivity index (χ0v) is 20.6. The van der Waals surface area contributed by atoms with Crippen LogP contribution in [0.15, 0.2) is 30.6 Å². The molecule has 5 heterocycles. The van der Waals surface area contributed by atoms with Crippen LogP contribution in [0.25, 0.3) is 16.7 Å². The van der Waals surface area contributed by atoms with Crippen molar-refractivity contribution in [2.75, 3.05) is 39.4 Å². The molecule has 0 spiro atoms. The highest BCUT2D eigenvalue weighted by molar-refractivity contribution is 6.21. The van der Waals surface area contributed by atoms with Crippen molar-refractivity contribution in [3.63, 3.8) is 0 Å². The third kappa shape index (κ3) is 3.77. The van der Waals surface area contributed by atoms with E-state index in [0.29, 0.717) is 23.4 Å². The summed E-state index contributed by atoms with van der Waals surface area (Å²) < 4.78 is 9.43. The second-order valence-electron chi connectivity index (χ2n) is 9.47. The number of aromatic nitrogens is 5. The molecule has 1 aromatic carbocycles. The predicted molar refractivity (Wildman–Crippen MR) is 133 cm³/mol. The molecule has 3 aromatic heterocycles. The van der Waals surface area contributed by atoms with Crippen LogP contribution in [0.2, 0.25) is 0 Å². The Morgan fingerprint density at radius 1 is 0.944 bits per heavy atom. The Morgan fingerprint density at radius 2 is 1.67 bits per heavy atom. The number of ether oxygens (including phenoxy) is 1. The SMILES string of the molecule is Cc1c(C)n(CCCN2CCOCC2)c2ncn3nc(CCN4C(=O)c5ccccc5C4=O)nc3c12. The van der Waals surface area contributed by atoms with Crippen LogP contribution >= 0.6 is 0 Å². The van der Waals surface area contributed by atoms with Gasteiger partial charge in [0.15, 0.2) is 11.5 Å². The van der Waals surface area contributed by atoms with Crippen molar-refractivity contribution in [2.24, 2.45) is 0 Å². The zero-order chi connectivity index (χ0) is 24.8. The van der Waals surface area contributed by atoms with E-state index in [-0.39, 0.29) is 18.4 Å². The number of benzene rings is 1. The fraction of sp³-hybridized carbons (Fsp3) is 0.423. The van der Waals surface area contributed by atoms with E-state index in [1.165, 1.54) is 10.6 Å². The lowest BCUT2D eigenvalue weighted by Crippen LogP contribution is -2.37. The average molecular weight is 488 g/mol. The van der Waals surface area contributed by atoms with Crippen LogP contribution in [0, 0.1) is 13.8 Å². The van der Waals surface area contributed by atoms with E-state index >= 15 is 0 Å². The maximum Gasteiger partial charge on any atom is 0.261 e. The molecule has 2 aliphatic rings. The van der Waals surface area contributed by atoms with Crippen LogP contribution in [0.4, 0.5) is 0 Å². The number of morpholine rings is 1. The van der Waals surface area contributed by atoms with Gasteiger partial charge in [0.25, 0.3) is 11.8 Å². The number of nitrogens with zero attached hydrogens (tertiary/aromatic N) is 7. The van der Waals surface area contributed by atoms with Gasteiger partial charge in [-0.2, -0.15) is 0 Å². The molecule has 1 fully saturated rings. The minimum absolute atomic E-state index is 0.236. The topological polar surface area (TPSA) is 97.9 Å². The Kier molecular flexibility index (Phi) is 5.77. The second-order valence-corrected chi connectivity index (χ2v) is 9.47. The summed E-state index contributed by atoms with van der Waals surface area (Å²) in [6, 6.07) is 6.93. The molecule has 0 aliphatic carbocycles. The molecule has 186 valence electrons. The minimum Gasteiger partial charge on any atom is -0.379 e. The maximum atomic E-state index is 12.7. The summed E-state index contributed by atoms with van der Waals surface area (Å²) in [5.41, 5.74) is 4.91. The molecule has 36 heavy (non-hydrogen) atoms. The normalized spacial score (nSPS) is 16.6. The molecule has 0 radical (unpaired) electrons. The Balaban J connectivity index is 1.22. The van der Waals surface area contributed by atoms with Crippen molar-refractivity contribution in [2.45, 2.75) is 33.2 Å². The number of rotatable bonds is 7. The molecule has 0 saturated carbocycles. The van der Waals surface area contributed by atoms with Gasteiger partial charge in [0.2, 0.25) is 0 Å². The quantitative estimate of drug-likeness (QED) is 0.369. The van der Waals surface area contributed by atoms with Gasteiger partial charge < -0.3 is 9.30 Å². The first-order valence-electron chi connectivity index (χ1n) is 12.5. The third-order valence-corrected chi connectivity index (χ3v) is 7.39. The molecular weight excluding hydrogens is 458 g/mol. The van der Waals surface area contributed by atoms with E-state index in [2.05, 4.69) is 28.4 Å². The van der Waals surface area contributed by atoms with E-state index in [4.69, 9.17) is 14.7 Å². The van der Waals surface area contributed by atoms with Crippen LogP contribution in [0.1, 0.15) is 44.2 Å². The van der Waals surface area contributed by atoms with E-state index in [1.54, 1.807) is 35.1 Å². The number of imide groups is 1. The Hall–Kier alpha value is -3.63. The highest BCUT2D eigenvalue weighted by atomic mass is 16.5. The molecule has 0 N–H and O–H groups in total. The minimum atomic E-state index is -0.260. The highest BCUT2D eigenvalue weighted by Crippen LogP contribution is 2.27. The maximum absolute atomic E-state index is 12.7. The smallest absolute Gasteiger partial charge is 0.261 e. The lowest BCUT2D eigenvalue weighted by molar-refractivity contribution is 0.0369. The van der Waals surface area contributed by atoms with E-state index in [1.807, 2.05) is 0 Å². The molecule has 1 saturated heterocycles. The number of hydrogen-bond donors (Lipinski definition) is 0. The van der Waals surface area contributed by atoms with Crippen molar-refractivity contribution in [1.82, 2.24) is 33.9 Å². The summed E-state index contributed by atoms with van der Waals surface area (Å²) >= 11 is 0. The van der Waals surface area contributed by atoms with Gasteiger partial charge >= 0.3 is 0 Å². The fourth-order valence-electron chi connectivity index (χ4n) is 5.29. The highest BCUT2D eigenvalue weighted by Gasteiger charge is 2.34. The van der Waals surface area contributed by atoms with Crippen LogP contribution < -0.4 is 0 Å². The molecular formula is C26H29N7O3. The first-order valence-corrected chi connectivity index (χ1v) is 12.5. The molecule has 10 nitrogen and oxygen atoms in total. The summed E-state index contributed by atoms with van der Waals surface area (Å²) in [6.45, 7) is 10.00. The zero-order valence-electron chi connectivity index (χ0n) is 20.6. The number of aryl methyl sites for hydroxylation is 2. The lowest BCUT2D eigenvalue weighted by atomic mass is 10.1. The van der Waals surface area contributed by atoms with Gasteiger partial charge in [-0.15, -0.1) is 5.10 Å². The monoisotopic (exact) mass is 487 g/mol. The summed E-state index contributed by atoms with van der Waals surface area (Å²) in [7, 11) is 0. The molecule has 0 bridgehead atoms. The molecule has 6 rings (SSSR count). The van der Waals surface area contributed by atoms with Gasteiger partial charge in [-0.3, -0.25) is 19.4 Å². The second kappa shape index (κ2) is 9.11. The van der Waals surface area contributed by atoms with Crippen LogP contribution in [-0.4, -0.2) is 85.2 Å². The number of amides is 2. The first-order chi connectivity index (χ1) is 17.5. The van der Waals surface area contributed by atoms with Crippen molar-refractivity contribution >= 4 is 28.5 Å². The summed E-state index contributed by atoms with van der Waals surface area (Å²) in [5.74, 6) is 0.0612. The Labute approximate surface area is 208 Å². The Bertz CT molecular complexity index is 1450. The summed E-state index contributed by atoms with van der Waals surface area (Å²) in [6.07, 6.45) is 3.12. The van der Waals surface area contributed by atoms with Crippen molar-refractivity contribution in [1.29, 1.82) is 0 Å². The molecule has 10 heteroatoms. The summed E-state index contributed by atoms with van der Waals surface area (Å²) in [4.78, 5) is 38.6. The number of carbonyl (C=O) groups excluding carboxylic acids is 2. The fourth-order valence-corrected chi connectivity index (χ4v) is 5.29. The average Bonchev–Trinajstić information content (AvgIpc) is 3.50. The predicted octanol–water partition coefficient (Wildman–Crippen LogP) is 2.26. The van der Waals surface area contributed by atoms with Gasteiger partial charge in [0.05, 0.1) is 29.7 Å².